The highest BCUT2D eigenvalue weighted by Gasteiger charge is 2.05. The van der Waals surface area contributed by atoms with Crippen LogP contribution in [0.15, 0.2) is 18.2 Å². The predicted molar refractivity (Wildman–Crippen MR) is 66.7 cm³/mol. The van der Waals surface area contributed by atoms with E-state index in [2.05, 4.69) is 13.8 Å². The smallest absolute Gasteiger partial charge is 0.128 e. The lowest BCUT2D eigenvalue weighted by atomic mass is 10.1. The first kappa shape index (κ1) is 13.1. The number of hydrogen-bond donors (Lipinski definition) is 0. The van der Waals surface area contributed by atoms with Crippen LogP contribution in [0.2, 0.25) is 0 Å². The number of halogens is 1. The molecule has 1 aromatic rings. The van der Waals surface area contributed by atoms with Gasteiger partial charge in [0.25, 0.3) is 0 Å². The molecule has 0 spiro atoms. The Kier molecular flexibility index (Phi) is 5.34. The van der Waals surface area contributed by atoms with Gasteiger partial charge in [-0.05, 0) is 29.4 Å². The van der Waals surface area contributed by atoms with Crippen molar-refractivity contribution in [3.8, 4) is 6.07 Å². The van der Waals surface area contributed by atoms with Gasteiger partial charge in [-0.3, -0.25) is 0 Å². The summed E-state index contributed by atoms with van der Waals surface area (Å²) < 4.78 is 13.5. The standard InChI is InChI=1S/C13H16FNS/c1-3-10(2)8-16-9-12-5-4-11(7-15)6-13(12)14/h4-6,10H,3,8-9H2,1-2H3. The third kappa shape index (κ3) is 3.86. The molecule has 0 aliphatic carbocycles. The van der Waals surface area contributed by atoms with Gasteiger partial charge in [0.2, 0.25) is 0 Å². The molecule has 3 heteroatoms. The molecule has 86 valence electrons. The molecule has 0 radical (unpaired) electrons. The van der Waals surface area contributed by atoms with Crippen LogP contribution in [0, 0.1) is 23.1 Å². The topological polar surface area (TPSA) is 23.8 Å². The molecule has 0 aromatic heterocycles. The van der Waals surface area contributed by atoms with E-state index in [0.29, 0.717) is 22.8 Å². The summed E-state index contributed by atoms with van der Waals surface area (Å²) in [6, 6.07) is 6.61. The van der Waals surface area contributed by atoms with E-state index in [-0.39, 0.29) is 5.82 Å². The van der Waals surface area contributed by atoms with E-state index in [1.165, 1.54) is 6.07 Å². The van der Waals surface area contributed by atoms with Crippen molar-refractivity contribution in [1.29, 1.82) is 5.26 Å². The van der Waals surface area contributed by atoms with Crippen molar-refractivity contribution in [3.05, 3.63) is 35.1 Å². The highest BCUT2D eigenvalue weighted by Crippen LogP contribution is 2.19. The van der Waals surface area contributed by atoms with Gasteiger partial charge in [-0.25, -0.2) is 4.39 Å². The average molecular weight is 237 g/mol. The average Bonchev–Trinajstić information content (AvgIpc) is 2.30. The predicted octanol–water partition coefficient (Wildman–Crippen LogP) is 3.98. The van der Waals surface area contributed by atoms with Crippen LogP contribution in [0.25, 0.3) is 0 Å². The van der Waals surface area contributed by atoms with E-state index in [4.69, 9.17) is 5.26 Å². The van der Waals surface area contributed by atoms with Gasteiger partial charge in [-0.2, -0.15) is 17.0 Å². The molecule has 1 unspecified atom stereocenters. The van der Waals surface area contributed by atoms with Gasteiger partial charge in [0.1, 0.15) is 5.82 Å². The maximum atomic E-state index is 13.5. The summed E-state index contributed by atoms with van der Waals surface area (Å²) >= 11 is 1.74. The Morgan fingerprint density at radius 2 is 2.25 bits per heavy atom. The minimum absolute atomic E-state index is 0.268. The molecule has 0 saturated carbocycles. The second kappa shape index (κ2) is 6.55. The quantitative estimate of drug-likeness (QED) is 0.773. The second-order valence-electron chi connectivity index (χ2n) is 3.95. The Labute approximate surface area is 101 Å². The van der Waals surface area contributed by atoms with Gasteiger partial charge in [0.05, 0.1) is 11.6 Å². The Bertz CT molecular complexity index is 384. The highest BCUT2D eigenvalue weighted by molar-refractivity contribution is 7.98. The van der Waals surface area contributed by atoms with Crippen LogP contribution in [0.3, 0.4) is 0 Å². The van der Waals surface area contributed by atoms with E-state index in [0.717, 1.165) is 12.2 Å². The molecule has 16 heavy (non-hydrogen) atoms. The van der Waals surface area contributed by atoms with Crippen molar-refractivity contribution < 1.29 is 4.39 Å². The molecule has 1 atom stereocenters. The minimum Gasteiger partial charge on any atom is -0.207 e. The zero-order valence-corrected chi connectivity index (χ0v) is 10.5. The van der Waals surface area contributed by atoms with E-state index in [1.54, 1.807) is 23.9 Å². The zero-order valence-electron chi connectivity index (χ0n) is 9.66. The summed E-state index contributed by atoms with van der Waals surface area (Å²) in [6.07, 6.45) is 1.16. The normalized spacial score (nSPS) is 12.1. The Balaban J connectivity index is 2.52. The molecular weight excluding hydrogens is 221 g/mol. The number of hydrogen-bond acceptors (Lipinski definition) is 2. The van der Waals surface area contributed by atoms with Crippen LogP contribution in [-0.4, -0.2) is 5.75 Å². The van der Waals surface area contributed by atoms with Crippen molar-refractivity contribution in [2.45, 2.75) is 26.0 Å². The molecule has 0 fully saturated rings. The Morgan fingerprint density at radius 3 is 2.81 bits per heavy atom. The first-order valence-corrected chi connectivity index (χ1v) is 6.59. The molecule has 0 bridgehead atoms. The van der Waals surface area contributed by atoms with Crippen molar-refractivity contribution in [1.82, 2.24) is 0 Å². The van der Waals surface area contributed by atoms with E-state index >= 15 is 0 Å². The molecular formula is C13H16FNS. The molecule has 0 aliphatic rings. The van der Waals surface area contributed by atoms with Gasteiger partial charge in [-0.1, -0.05) is 26.3 Å². The first-order chi connectivity index (χ1) is 7.67. The number of nitriles is 1. The first-order valence-electron chi connectivity index (χ1n) is 5.43. The Morgan fingerprint density at radius 1 is 1.50 bits per heavy atom. The monoisotopic (exact) mass is 237 g/mol. The SMILES string of the molecule is CCC(C)CSCc1ccc(C#N)cc1F. The fourth-order valence-corrected chi connectivity index (χ4v) is 2.43. The summed E-state index contributed by atoms with van der Waals surface area (Å²) in [6.45, 7) is 4.36. The maximum absolute atomic E-state index is 13.5. The van der Waals surface area contributed by atoms with Crippen LogP contribution >= 0.6 is 11.8 Å². The van der Waals surface area contributed by atoms with Gasteiger partial charge in [0, 0.05) is 5.75 Å². The number of benzene rings is 1. The van der Waals surface area contributed by atoms with Gasteiger partial charge in [0.15, 0.2) is 0 Å². The largest absolute Gasteiger partial charge is 0.207 e. The van der Waals surface area contributed by atoms with Gasteiger partial charge in [-0.15, -0.1) is 0 Å². The summed E-state index contributed by atoms with van der Waals surface area (Å²) in [7, 11) is 0. The van der Waals surface area contributed by atoms with Crippen LogP contribution in [-0.2, 0) is 5.75 Å². The van der Waals surface area contributed by atoms with Crippen LogP contribution in [0.5, 0.6) is 0 Å². The third-order valence-electron chi connectivity index (χ3n) is 2.54. The number of nitrogens with zero attached hydrogens (tertiary/aromatic N) is 1. The molecule has 1 aromatic carbocycles. The molecule has 1 nitrogen and oxygen atoms in total. The molecule has 0 amide bonds. The number of thioether (sulfide) groups is 1. The van der Waals surface area contributed by atoms with E-state index in [9.17, 15) is 4.39 Å². The fraction of sp³-hybridized carbons (Fsp3) is 0.462. The van der Waals surface area contributed by atoms with Crippen molar-refractivity contribution in [3.63, 3.8) is 0 Å². The fourth-order valence-electron chi connectivity index (χ4n) is 1.22. The Hall–Kier alpha value is -1.01. The summed E-state index contributed by atoms with van der Waals surface area (Å²) in [5, 5.41) is 8.61. The zero-order chi connectivity index (χ0) is 12.0. The van der Waals surface area contributed by atoms with E-state index in [1.807, 2.05) is 6.07 Å². The van der Waals surface area contributed by atoms with Crippen molar-refractivity contribution >= 4 is 11.8 Å². The number of rotatable bonds is 5. The third-order valence-corrected chi connectivity index (χ3v) is 3.86. The van der Waals surface area contributed by atoms with Crippen LogP contribution < -0.4 is 0 Å². The lowest BCUT2D eigenvalue weighted by Gasteiger charge is -2.08. The highest BCUT2D eigenvalue weighted by atomic mass is 32.2. The lowest BCUT2D eigenvalue weighted by Crippen LogP contribution is -1.97. The van der Waals surface area contributed by atoms with E-state index < -0.39 is 0 Å². The molecule has 1 rings (SSSR count). The van der Waals surface area contributed by atoms with Crippen LogP contribution in [0.4, 0.5) is 4.39 Å². The minimum atomic E-state index is -0.268. The van der Waals surface area contributed by atoms with Crippen molar-refractivity contribution in [2.75, 3.05) is 5.75 Å². The van der Waals surface area contributed by atoms with Crippen molar-refractivity contribution in [2.24, 2.45) is 5.92 Å². The molecule has 0 aliphatic heterocycles. The molecule has 0 saturated heterocycles. The summed E-state index contributed by atoms with van der Waals surface area (Å²) in [5.41, 5.74) is 1.07. The van der Waals surface area contributed by atoms with Gasteiger partial charge >= 0.3 is 0 Å². The summed E-state index contributed by atoms with van der Waals surface area (Å²) in [4.78, 5) is 0. The summed E-state index contributed by atoms with van der Waals surface area (Å²) in [5.74, 6) is 2.14. The maximum Gasteiger partial charge on any atom is 0.128 e. The van der Waals surface area contributed by atoms with Crippen LogP contribution in [0.1, 0.15) is 31.4 Å². The molecule has 0 heterocycles. The molecule has 0 N–H and O–H groups in total. The second-order valence-corrected chi connectivity index (χ2v) is 4.98. The van der Waals surface area contributed by atoms with Gasteiger partial charge < -0.3 is 0 Å². The lowest BCUT2D eigenvalue weighted by molar-refractivity contribution is 0.616.